The fraction of sp³-hybridized carbons (Fsp3) is 0.122. The smallest absolute Gasteiger partial charge is 0.160 e. The van der Waals surface area contributed by atoms with Gasteiger partial charge in [0.2, 0.25) is 0 Å². The van der Waals surface area contributed by atoms with Gasteiger partial charge in [-0.1, -0.05) is 141 Å². The van der Waals surface area contributed by atoms with Gasteiger partial charge in [-0.25, -0.2) is 19.9 Å². The number of hydrogen-bond acceptors (Lipinski definition) is 4. The van der Waals surface area contributed by atoms with E-state index in [-0.39, 0.29) is 0 Å². The highest BCUT2D eigenvalue weighted by atomic mass is 14.9. The van der Waals surface area contributed by atoms with Gasteiger partial charge in [0.1, 0.15) is 0 Å². The lowest BCUT2D eigenvalue weighted by atomic mass is 9.97. The first-order chi connectivity index (χ1) is 21.9. The Hall–Kier alpha value is -5.48. The van der Waals surface area contributed by atoms with Crippen LogP contribution < -0.4 is 0 Å². The van der Waals surface area contributed by atoms with Crippen LogP contribution in [-0.4, -0.2) is 19.9 Å². The predicted molar refractivity (Wildman–Crippen MR) is 190 cm³/mol. The first kappa shape index (κ1) is 31.0. The van der Waals surface area contributed by atoms with Crippen LogP contribution >= 0.6 is 0 Å². The van der Waals surface area contributed by atoms with Gasteiger partial charge < -0.3 is 0 Å². The van der Waals surface area contributed by atoms with Crippen LogP contribution in [0.25, 0.3) is 56.3 Å². The van der Waals surface area contributed by atoms with E-state index < -0.39 is 0 Å². The Labute approximate surface area is 267 Å². The molecule has 3 aromatic carbocycles. The van der Waals surface area contributed by atoms with E-state index in [1.54, 1.807) is 12.2 Å². The van der Waals surface area contributed by atoms with Crippen molar-refractivity contribution in [1.29, 1.82) is 0 Å². The first-order valence-electron chi connectivity index (χ1n) is 15.2. The summed E-state index contributed by atoms with van der Waals surface area (Å²) in [6, 6.07) is 28.6. The molecule has 2 heterocycles. The number of benzene rings is 3. The minimum absolute atomic E-state index is 0.656. The largest absolute Gasteiger partial charge is 0.236 e. The zero-order valence-electron chi connectivity index (χ0n) is 26.5. The van der Waals surface area contributed by atoms with Crippen molar-refractivity contribution in [1.82, 2.24) is 19.9 Å². The van der Waals surface area contributed by atoms with Crippen LogP contribution in [0.5, 0.6) is 0 Å². The summed E-state index contributed by atoms with van der Waals surface area (Å²) >= 11 is 0. The van der Waals surface area contributed by atoms with Crippen LogP contribution in [0.3, 0.4) is 0 Å². The monoisotopic (exact) mass is 586 g/mol. The summed E-state index contributed by atoms with van der Waals surface area (Å²) in [6.45, 7) is 16.5. The molecule has 4 heteroatoms. The molecule has 222 valence electrons. The fourth-order valence-electron chi connectivity index (χ4n) is 5.21. The van der Waals surface area contributed by atoms with E-state index in [0.717, 1.165) is 68.0 Å². The van der Waals surface area contributed by atoms with Gasteiger partial charge in [-0.05, 0) is 38.3 Å². The first-order valence-corrected chi connectivity index (χ1v) is 15.2. The quantitative estimate of drug-likeness (QED) is 0.153. The third-order valence-corrected chi connectivity index (χ3v) is 7.57. The van der Waals surface area contributed by atoms with Gasteiger partial charge in [-0.15, -0.1) is 0 Å². The normalized spacial score (nSPS) is 11.4. The van der Waals surface area contributed by atoms with Crippen molar-refractivity contribution < 1.29 is 0 Å². The van der Waals surface area contributed by atoms with Crippen molar-refractivity contribution in [3.63, 3.8) is 0 Å². The second kappa shape index (κ2) is 14.3. The van der Waals surface area contributed by atoms with E-state index in [1.165, 1.54) is 5.57 Å². The minimum atomic E-state index is 0.656. The lowest BCUT2D eigenvalue weighted by Gasteiger charge is -2.16. The summed E-state index contributed by atoms with van der Waals surface area (Å²) in [5, 5.41) is 0. The summed E-state index contributed by atoms with van der Waals surface area (Å²) in [6.07, 6.45) is 12.7. The van der Waals surface area contributed by atoms with Crippen molar-refractivity contribution in [2.75, 3.05) is 0 Å². The third kappa shape index (κ3) is 6.86. The number of aromatic nitrogens is 4. The zero-order chi connectivity index (χ0) is 31.8. The molecule has 0 N–H and O–H groups in total. The second-order valence-corrected chi connectivity index (χ2v) is 10.9. The van der Waals surface area contributed by atoms with E-state index in [0.29, 0.717) is 11.6 Å². The molecule has 0 saturated heterocycles. The highest BCUT2D eigenvalue weighted by Gasteiger charge is 2.18. The Morgan fingerprint density at radius 1 is 0.711 bits per heavy atom. The lowest BCUT2D eigenvalue weighted by molar-refractivity contribution is 1.11. The Morgan fingerprint density at radius 3 is 1.91 bits per heavy atom. The van der Waals surface area contributed by atoms with Crippen molar-refractivity contribution in [2.24, 2.45) is 0 Å². The number of nitrogens with zero attached hydrogens (tertiary/aromatic N) is 4. The van der Waals surface area contributed by atoms with E-state index >= 15 is 0 Å². The molecule has 0 aliphatic heterocycles. The van der Waals surface area contributed by atoms with E-state index in [9.17, 15) is 0 Å². The minimum Gasteiger partial charge on any atom is -0.236 e. The summed E-state index contributed by atoms with van der Waals surface area (Å²) in [7, 11) is 0. The maximum absolute atomic E-state index is 5.16. The predicted octanol–water partition coefficient (Wildman–Crippen LogP) is 10.8. The fourth-order valence-corrected chi connectivity index (χ4v) is 5.21. The molecule has 0 atom stereocenters. The average molecular weight is 587 g/mol. The van der Waals surface area contributed by atoms with E-state index in [2.05, 4.69) is 89.4 Å². The van der Waals surface area contributed by atoms with Crippen LogP contribution in [0.1, 0.15) is 44.1 Å². The van der Waals surface area contributed by atoms with Gasteiger partial charge in [-0.3, -0.25) is 0 Å². The molecule has 0 unspecified atom stereocenters. The van der Waals surface area contributed by atoms with Crippen LogP contribution in [0, 0.1) is 6.92 Å². The van der Waals surface area contributed by atoms with Crippen molar-refractivity contribution in [3.8, 4) is 45.2 Å². The topological polar surface area (TPSA) is 51.6 Å². The zero-order valence-corrected chi connectivity index (χ0v) is 26.5. The second-order valence-electron chi connectivity index (χ2n) is 10.9. The number of hydrogen-bond donors (Lipinski definition) is 0. The van der Waals surface area contributed by atoms with E-state index in [1.807, 2.05) is 60.8 Å². The van der Waals surface area contributed by atoms with Gasteiger partial charge in [0, 0.05) is 39.6 Å². The van der Waals surface area contributed by atoms with Crippen LogP contribution in [0.15, 0.2) is 140 Å². The molecule has 0 saturated carbocycles. The van der Waals surface area contributed by atoms with Gasteiger partial charge in [0.05, 0.1) is 17.1 Å². The van der Waals surface area contributed by atoms with Crippen molar-refractivity contribution in [2.45, 2.75) is 34.1 Å². The van der Waals surface area contributed by atoms with Gasteiger partial charge in [0.15, 0.2) is 11.6 Å². The molecule has 0 aliphatic rings. The molecule has 45 heavy (non-hydrogen) atoms. The summed E-state index contributed by atoms with van der Waals surface area (Å²) < 4.78 is 0. The van der Waals surface area contributed by atoms with Crippen LogP contribution in [-0.2, 0) is 0 Å². The summed E-state index contributed by atoms with van der Waals surface area (Å²) in [5.41, 5.74) is 11.8. The molecule has 4 nitrogen and oxygen atoms in total. The van der Waals surface area contributed by atoms with Gasteiger partial charge in [-0.2, -0.15) is 0 Å². The molecule has 2 aromatic heterocycles. The Morgan fingerprint density at radius 2 is 1.31 bits per heavy atom. The lowest BCUT2D eigenvalue weighted by Crippen LogP contribution is -2.03. The highest BCUT2D eigenvalue weighted by Crippen LogP contribution is 2.34. The molecule has 5 aromatic rings. The Balaban J connectivity index is 1.64. The molecule has 0 bridgehead atoms. The maximum atomic E-state index is 5.16. The summed E-state index contributed by atoms with van der Waals surface area (Å²) in [4.78, 5) is 20.0. The molecule has 5 rings (SSSR count). The molecular weight excluding hydrogens is 548 g/mol. The van der Waals surface area contributed by atoms with Crippen LogP contribution in [0.4, 0.5) is 0 Å². The molecule has 0 aliphatic carbocycles. The van der Waals surface area contributed by atoms with Gasteiger partial charge >= 0.3 is 0 Å². The van der Waals surface area contributed by atoms with Crippen molar-refractivity contribution >= 4 is 11.1 Å². The molecule has 0 spiro atoms. The van der Waals surface area contributed by atoms with E-state index in [4.69, 9.17) is 19.9 Å². The molecule has 0 fully saturated rings. The Kier molecular flexibility index (Phi) is 9.86. The maximum Gasteiger partial charge on any atom is 0.160 e. The van der Waals surface area contributed by atoms with Crippen LogP contribution in [0.2, 0.25) is 0 Å². The Bertz CT molecular complexity index is 1910. The average Bonchev–Trinajstić information content (AvgIpc) is 3.08. The number of allylic oxidation sites excluding steroid dienone is 8. The standard InChI is InChI=1S/C41H38N4/c1-7-10-22-35(28(4)5)38-29(6)37(32-18-13-11-14-19-32)43-41(44-38)34-25-23-31(24-26-34)36-27-42-40(33-20-15-12-16-21-33)45-39(36)30(9-3)17-8-2/h8-27H,2-3,7H2,1,4-6H3/b22-10-,30-17+. The third-order valence-electron chi connectivity index (χ3n) is 7.57. The molecule has 0 radical (unpaired) electrons. The molecule has 0 amide bonds. The molecular formula is C41H38N4. The van der Waals surface area contributed by atoms with Gasteiger partial charge in [0.25, 0.3) is 0 Å². The van der Waals surface area contributed by atoms with Crippen molar-refractivity contribution in [3.05, 3.63) is 157 Å². The summed E-state index contributed by atoms with van der Waals surface area (Å²) in [5.74, 6) is 1.34. The number of rotatable bonds is 10. The highest BCUT2D eigenvalue weighted by molar-refractivity contribution is 5.85. The SMILES string of the molecule is C=C/C=C(\C=C)c1nc(-c2ccccc2)ncc1-c1ccc(-c2nc(C(/C=C\CC)=C(C)C)c(C)c(-c3ccccc3)n2)cc1.